The summed E-state index contributed by atoms with van der Waals surface area (Å²) in [6.45, 7) is 2.76. The van der Waals surface area contributed by atoms with Crippen LogP contribution in [0.5, 0.6) is 0 Å². The predicted octanol–water partition coefficient (Wildman–Crippen LogP) is -1.66. The number of carbonyl (C=O) groups excluding carboxylic acids is 2. The van der Waals surface area contributed by atoms with Crippen LogP contribution in [-0.4, -0.2) is 42.7 Å². The number of hydrogen-bond acceptors (Lipinski definition) is 4. The molecule has 0 bridgehead atoms. The standard InChI is InChI=1S/C9H19N3O3/c1-2-3-4-12-8(14)6-11-5-7(13)9(10)15/h7,11,13H,2-6H2,1H3,(H2,10,15)(H,12,14). The van der Waals surface area contributed by atoms with Crippen LogP contribution in [0.3, 0.4) is 0 Å². The molecule has 0 fully saturated rings. The van der Waals surface area contributed by atoms with Crippen LogP contribution in [0, 0.1) is 0 Å². The van der Waals surface area contributed by atoms with Gasteiger partial charge in [-0.05, 0) is 6.42 Å². The van der Waals surface area contributed by atoms with Gasteiger partial charge in [0.2, 0.25) is 11.8 Å². The van der Waals surface area contributed by atoms with Gasteiger partial charge >= 0.3 is 0 Å². The van der Waals surface area contributed by atoms with Crippen LogP contribution in [0.1, 0.15) is 19.8 Å². The molecule has 0 heterocycles. The minimum Gasteiger partial charge on any atom is -0.382 e. The third-order valence-electron chi connectivity index (χ3n) is 1.80. The molecule has 0 spiro atoms. The maximum atomic E-state index is 11.1. The zero-order valence-corrected chi connectivity index (χ0v) is 8.95. The molecule has 15 heavy (non-hydrogen) atoms. The van der Waals surface area contributed by atoms with E-state index < -0.39 is 12.0 Å². The van der Waals surface area contributed by atoms with E-state index in [1.807, 2.05) is 6.92 Å². The van der Waals surface area contributed by atoms with Crippen LogP contribution in [-0.2, 0) is 9.59 Å². The van der Waals surface area contributed by atoms with Crippen molar-refractivity contribution in [3.63, 3.8) is 0 Å². The lowest BCUT2D eigenvalue weighted by Gasteiger charge is -2.08. The molecule has 0 aromatic heterocycles. The summed E-state index contributed by atoms with van der Waals surface area (Å²) in [5.41, 5.74) is 4.82. The first-order valence-corrected chi connectivity index (χ1v) is 5.02. The molecule has 0 radical (unpaired) electrons. The molecule has 0 aliphatic rings. The zero-order valence-electron chi connectivity index (χ0n) is 8.95. The van der Waals surface area contributed by atoms with E-state index in [9.17, 15) is 9.59 Å². The van der Waals surface area contributed by atoms with E-state index in [2.05, 4.69) is 10.6 Å². The minimum atomic E-state index is -1.24. The van der Waals surface area contributed by atoms with E-state index >= 15 is 0 Å². The SMILES string of the molecule is CCCCNC(=O)CNCC(O)C(N)=O. The van der Waals surface area contributed by atoms with Crippen molar-refractivity contribution in [3.8, 4) is 0 Å². The molecule has 5 N–H and O–H groups in total. The van der Waals surface area contributed by atoms with Crippen molar-refractivity contribution in [2.24, 2.45) is 5.73 Å². The van der Waals surface area contributed by atoms with Gasteiger partial charge in [0.05, 0.1) is 6.54 Å². The topological polar surface area (TPSA) is 104 Å². The molecule has 1 unspecified atom stereocenters. The van der Waals surface area contributed by atoms with E-state index in [0.29, 0.717) is 6.54 Å². The first-order chi connectivity index (χ1) is 7.07. The molecular formula is C9H19N3O3. The summed E-state index contributed by atoms with van der Waals surface area (Å²) < 4.78 is 0. The Kier molecular flexibility index (Phi) is 7.57. The van der Waals surface area contributed by atoms with E-state index in [-0.39, 0.29) is 19.0 Å². The van der Waals surface area contributed by atoms with Crippen molar-refractivity contribution in [2.75, 3.05) is 19.6 Å². The fourth-order valence-corrected chi connectivity index (χ4v) is 0.890. The molecule has 6 heteroatoms. The molecule has 0 aliphatic carbocycles. The Morgan fingerprint density at radius 3 is 2.67 bits per heavy atom. The number of aliphatic hydroxyl groups is 1. The second-order valence-electron chi connectivity index (χ2n) is 3.25. The van der Waals surface area contributed by atoms with Gasteiger partial charge in [-0.25, -0.2) is 0 Å². The molecular weight excluding hydrogens is 198 g/mol. The lowest BCUT2D eigenvalue weighted by atomic mass is 10.3. The van der Waals surface area contributed by atoms with Crippen molar-refractivity contribution in [1.82, 2.24) is 10.6 Å². The highest BCUT2D eigenvalue weighted by atomic mass is 16.3. The fourth-order valence-electron chi connectivity index (χ4n) is 0.890. The Balaban J connectivity index is 3.42. The van der Waals surface area contributed by atoms with Crippen LogP contribution >= 0.6 is 0 Å². The van der Waals surface area contributed by atoms with E-state index in [1.165, 1.54) is 0 Å². The van der Waals surface area contributed by atoms with Crippen LogP contribution in [0.15, 0.2) is 0 Å². The van der Waals surface area contributed by atoms with Crippen molar-refractivity contribution < 1.29 is 14.7 Å². The normalized spacial score (nSPS) is 12.1. The molecule has 1 atom stereocenters. The monoisotopic (exact) mass is 217 g/mol. The summed E-state index contributed by atoms with van der Waals surface area (Å²) in [6.07, 6.45) is 0.720. The van der Waals surface area contributed by atoms with Crippen molar-refractivity contribution in [3.05, 3.63) is 0 Å². The second kappa shape index (κ2) is 8.19. The van der Waals surface area contributed by atoms with Gasteiger partial charge in [0.25, 0.3) is 0 Å². The molecule has 88 valence electrons. The summed E-state index contributed by atoms with van der Waals surface area (Å²) in [5.74, 6) is -0.950. The summed E-state index contributed by atoms with van der Waals surface area (Å²) in [4.78, 5) is 21.5. The minimum absolute atomic E-state index is 0.00344. The molecule has 0 rings (SSSR count). The number of rotatable bonds is 8. The van der Waals surface area contributed by atoms with Crippen molar-refractivity contribution in [1.29, 1.82) is 0 Å². The van der Waals surface area contributed by atoms with Gasteiger partial charge in [-0.2, -0.15) is 0 Å². The number of amides is 2. The Bertz CT molecular complexity index is 209. The van der Waals surface area contributed by atoms with Gasteiger partial charge in [0, 0.05) is 13.1 Å². The lowest BCUT2D eigenvalue weighted by molar-refractivity contribution is -0.126. The fraction of sp³-hybridized carbons (Fsp3) is 0.778. The first-order valence-electron chi connectivity index (χ1n) is 5.02. The molecule has 0 aromatic rings. The van der Waals surface area contributed by atoms with Gasteiger partial charge in [0.1, 0.15) is 6.10 Å². The number of carbonyl (C=O) groups is 2. The highest BCUT2D eigenvalue weighted by Gasteiger charge is 2.10. The van der Waals surface area contributed by atoms with E-state index in [1.54, 1.807) is 0 Å². The number of nitrogens with one attached hydrogen (secondary N) is 2. The summed E-state index contributed by atoms with van der Waals surface area (Å²) in [6, 6.07) is 0. The zero-order chi connectivity index (χ0) is 11.7. The lowest BCUT2D eigenvalue weighted by Crippen LogP contribution is -2.41. The van der Waals surface area contributed by atoms with E-state index in [4.69, 9.17) is 10.8 Å². The Labute approximate surface area is 89.2 Å². The third-order valence-corrected chi connectivity index (χ3v) is 1.80. The average molecular weight is 217 g/mol. The van der Waals surface area contributed by atoms with Gasteiger partial charge in [0.15, 0.2) is 0 Å². The van der Waals surface area contributed by atoms with Gasteiger partial charge in [-0.1, -0.05) is 13.3 Å². The number of aliphatic hydroxyl groups excluding tert-OH is 1. The number of hydrogen-bond donors (Lipinski definition) is 4. The summed E-state index contributed by atoms with van der Waals surface area (Å²) >= 11 is 0. The van der Waals surface area contributed by atoms with Crippen LogP contribution in [0.2, 0.25) is 0 Å². The Hall–Kier alpha value is -1.14. The smallest absolute Gasteiger partial charge is 0.247 e. The van der Waals surface area contributed by atoms with Crippen molar-refractivity contribution in [2.45, 2.75) is 25.9 Å². The predicted molar refractivity (Wildman–Crippen MR) is 56.0 cm³/mol. The highest BCUT2D eigenvalue weighted by molar-refractivity contribution is 5.79. The van der Waals surface area contributed by atoms with E-state index in [0.717, 1.165) is 12.8 Å². The van der Waals surface area contributed by atoms with Crippen LogP contribution in [0.4, 0.5) is 0 Å². The average Bonchev–Trinajstić information content (AvgIpc) is 2.18. The maximum absolute atomic E-state index is 11.1. The molecule has 0 aromatic carbocycles. The third kappa shape index (κ3) is 7.90. The number of unbranched alkanes of at least 4 members (excludes halogenated alkanes) is 1. The van der Waals surface area contributed by atoms with Crippen molar-refractivity contribution >= 4 is 11.8 Å². The summed E-state index contributed by atoms with van der Waals surface area (Å²) in [5, 5.41) is 14.3. The molecule has 0 saturated heterocycles. The van der Waals surface area contributed by atoms with Crippen LogP contribution < -0.4 is 16.4 Å². The Morgan fingerprint density at radius 1 is 1.47 bits per heavy atom. The number of nitrogens with two attached hydrogens (primary N) is 1. The molecule has 6 nitrogen and oxygen atoms in total. The molecule has 0 saturated carbocycles. The quantitative estimate of drug-likeness (QED) is 0.365. The number of primary amides is 1. The van der Waals surface area contributed by atoms with Gasteiger partial charge in [-0.15, -0.1) is 0 Å². The Morgan fingerprint density at radius 2 is 2.13 bits per heavy atom. The maximum Gasteiger partial charge on any atom is 0.247 e. The first kappa shape index (κ1) is 13.9. The van der Waals surface area contributed by atoms with Crippen LogP contribution in [0.25, 0.3) is 0 Å². The largest absolute Gasteiger partial charge is 0.382 e. The van der Waals surface area contributed by atoms with Gasteiger partial charge < -0.3 is 21.5 Å². The second-order valence-corrected chi connectivity index (χ2v) is 3.25. The van der Waals surface area contributed by atoms with Gasteiger partial charge in [-0.3, -0.25) is 9.59 Å². The highest BCUT2D eigenvalue weighted by Crippen LogP contribution is 1.82. The molecule has 0 aliphatic heterocycles. The summed E-state index contributed by atoms with van der Waals surface area (Å²) in [7, 11) is 0. The molecule has 2 amide bonds.